The second-order valence-corrected chi connectivity index (χ2v) is 7.00. The Morgan fingerprint density at radius 3 is 2.14 bits per heavy atom. The van der Waals surface area contributed by atoms with Crippen molar-refractivity contribution in [2.24, 2.45) is 5.92 Å². The van der Waals surface area contributed by atoms with Crippen molar-refractivity contribution in [3.63, 3.8) is 0 Å². The van der Waals surface area contributed by atoms with Crippen LogP contribution < -0.4 is 4.72 Å². The van der Waals surface area contributed by atoms with Crippen LogP contribution in [-0.4, -0.2) is 19.3 Å². The molecule has 6 heteroatoms. The molecule has 1 fully saturated rings. The van der Waals surface area contributed by atoms with Crippen molar-refractivity contribution < 1.29 is 18.3 Å². The van der Waals surface area contributed by atoms with Gasteiger partial charge in [-0.15, -0.1) is 0 Å². The van der Waals surface area contributed by atoms with Crippen molar-refractivity contribution >= 4 is 21.5 Å². The number of sulfonamides is 1. The number of nitrogens with one attached hydrogen (secondary N) is 1. The largest absolute Gasteiger partial charge is 0.508 e. The Bertz CT molecular complexity index is 791. The van der Waals surface area contributed by atoms with Crippen LogP contribution in [0.4, 0.5) is 5.69 Å². The van der Waals surface area contributed by atoms with Crippen molar-refractivity contribution in [3.8, 4) is 5.75 Å². The third-order valence-electron chi connectivity index (χ3n) is 3.52. The number of ketones is 1. The van der Waals surface area contributed by atoms with Gasteiger partial charge in [0, 0.05) is 17.2 Å². The highest BCUT2D eigenvalue weighted by Gasteiger charge is 2.30. The van der Waals surface area contributed by atoms with Gasteiger partial charge in [-0.2, -0.15) is 0 Å². The number of Topliss-reactive ketones (excluding diaryl/α,β-unsaturated/α-hetero) is 1. The Balaban J connectivity index is 1.79. The van der Waals surface area contributed by atoms with Gasteiger partial charge in [0.15, 0.2) is 5.78 Å². The highest BCUT2D eigenvalue weighted by atomic mass is 32.2. The summed E-state index contributed by atoms with van der Waals surface area (Å²) in [6, 6.07) is 11.7. The van der Waals surface area contributed by atoms with Crippen LogP contribution in [0.5, 0.6) is 5.75 Å². The van der Waals surface area contributed by atoms with E-state index in [1.165, 1.54) is 36.4 Å². The summed E-state index contributed by atoms with van der Waals surface area (Å²) in [5, 5.41) is 9.20. The van der Waals surface area contributed by atoms with Crippen molar-refractivity contribution in [3.05, 3.63) is 54.1 Å². The van der Waals surface area contributed by atoms with Crippen LogP contribution in [-0.2, 0) is 10.0 Å². The van der Waals surface area contributed by atoms with Crippen LogP contribution in [0.1, 0.15) is 23.2 Å². The van der Waals surface area contributed by atoms with Crippen molar-refractivity contribution in [1.82, 2.24) is 0 Å². The number of hydrogen-bond donors (Lipinski definition) is 2. The van der Waals surface area contributed by atoms with Crippen LogP contribution in [0, 0.1) is 5.92 Å². The molecular weight excluding hydrogens is 302 g/mol. The van der Waals surface area contributed by atoms with Crippen molar-refractivity contribution in [1.29, 1.82) is 0 Å². The van der Waals surface area contributed by atoms with E-state index in [1.54, 1.807) is 12.1 Å². The molecule has 0 unspecified atom stereocenters. The number of aromatic hydroxyl groups is 1. The van der Waals surface area contributed by atoms with Gasteiger partial charge in [-0.3, -0.25) is 9.52 Å². The number of phenolic OH excluding ortho intramolecular Hbond substituents is 1. The first kappa shape index (κ1) is 14.6. The van der Waals surface area contributed by atoms with E-state index in [-0.39, 0.29) is 22.3 Å². The summed E-state index contributed by atoms with van der Waals surface area (Å²) in [5.41, 5.74) is 0.905. The van der Waals surface area contributed by atoms with Gasteiger partial charge in [-0.25, -0.2) is 8.42 Å². The lowest BCUT2D eigenvalue weighted by molar-refractivity contribution is 0.0967. The lowest BCUT2D eigenvalue weighted by atomic mass is 10.1. The van der Waals surface area contributed by atoms with Crippen molar-refractivity contribution in [2.45, 2.75) is 17.7 Å². The fraction of sp³-hybridized carbons (Fsp3) is 0.188. The Morgan fingerprint density at radius 1 is 1.00 bits per heavy atom. The fourth-order valence-corrected chi connectivity index (χ4v) is 3.18. The number of carbonyl (C=O) groups excluding carboxylic acids is 1. The summed E-state index contributed by atoms with van der Waals surface area (Å²) in [6.45, 7) is 0. The van der Waals surface area contributed by atoms with E-state index in [1.807, 2.05) is 0 Å². The van der Waals surface area contributed by atoms with E-state index in [0.717, 1.165) is 12.8 Å². The molecule has 22 heavy (non-hydrogen) atoms. The molecule has 3 rings (SSSR count). The third kappa shape index (κ3) is 3.12. The van der Waals surface area contributed by atoms with Crippen LogP contribution >= 0.6 is 0 Å². The number of rotatable bonds is 5. The van der Waals surface area contributed by atoms with E-state index in [0.29, 0.717) is 11.3 Å². The molecule has 1 saturated carbocycles. The Kier molecular flexibility index (Phi) is 3.62. The van der Waals surface area contributed by atoms with Crippen molar-refractivity contribution in [2.75, 3.05) is 4.72 Å². The average Bonchev–Trinajstić information content (AvgIpc) is 3.34. The normalized spacial score (nSPS) is 14.5. The standard InChI is InChI=1S/C16H15NO4S/c18-14-7-5-13(6-8-14)17-22(20,21)15-9-3-12(4-10-15)16(19)11-1-2-11/h3-11,17-18H,1-2H2. The number of phenols is 1. The number of hydrogen-bond acceptors (Lipinski definition) is 4. The molecule has 2 aromatic rings. The minimum atomic E-state index is -3.72. The Labute approximate surface area is 128 Å². The second kappa shape index (κ2) is 5.46. The third-order valence-corrected chi connectivity index (χ3v) is 4.91. The van der Waals surface area contributed by atoms with Crippen LogP contribution in [0.2, 0.25) is 0 Å². The molecule has 2 N–H and O–H groups in total. The number of anilines is 1. The van der Waals surface area contributed by atoms with Gasteiger partial charge < -0.3 is 5.11 Å². The maximum Gasteiger partial charge on any atom is 0.261 e. The predicted octanol–water partition coefficient (Wildman–Crippen LogP) is 2.79. The smallest absolute Gasteiger partial charge is 0.261 e. The fourth-order valence-electron chi connectivity index (χ4n) is 2.12. The number of carbonyl (C=O) groups is 1. The SMILES string of the molecule is O=C(c1ccc(S(=O)(=O)Nc2ccc(O)cc2)cc1)C1CC1. The van der Waals surface area contributed by atoms with E-state index in [9.17, 15) is 18.3 Å². The summed E-state index contributed by atoms with van der Waals surface area (Å²) in [5.74, 6) is 0.249. The zero-order valence-corrected chi connectivity index (χ0v) is 12.5. The molecule has 0 aromatic heterocycles. The van der Waals surface area contributed by atoms with Gasteiger partial charge in [0.1, 0.15) is 5.75 Å². The first-order chi connectivity index (χ1) is 10.5. The molecule has 0 aliphatic heterocycles. The molecule has 0 bridgehead atoms. The molecule has 0 radical (unpaired) electrons. The Morgan fingerprint density at radius 2 is 1.59 bits per heavy atom. The molecule has 5 nitrogen and oxygen atoms in total. The van der Waals surface area contributed by atoms with Gasteiger partial charge in [0.05, 0.1) is 4.90 Å². The molecule has 0 saturated heterocycles. The maximum absolute atomic E-state index is 12.3. The van der Waals surface area contributed by atoms with Gasteiger partial charge in [0.25, 0.3) is 10.0 Å². The second-order valence-electron chi connectivity index (χ2n) is 5.32. The van der Waals surface area contributed by atoms with Gasteiger partial charge in [-0.1, -0.05) is 12.1 Å². The molecule has 0 spiro atoms. The highest BCUT2D eigenvalue weighted by molar-refractivity contribution is 7.92. The molecule has 1 aliphatic carbocycles. The van der Waals surface area contributed by atoms with E-state index in [2.05, 4.69) is 4.72 Å². The maximum atomic E-state index is 12.3. The molecule has 114 valence electrons. The van der Waals surface area contributed by atoms with Gasteiger partial charge >= 0.3 is 0 Å². The zero-order chi connectivity index (χ0) is 15.7. The predicted molar refractivity (Wildman–Crippen MR) is 82.4 cm³/mol. The van der Waals surface area contributed by atoms with Gasteiger partial charge in [0.2, 0.25) is 0 Å². The van der Waals surface area contributed by atoms with E-state index < -0.39 is 10.0 Å². The lowest BCUT2D eigenvalue weighted by Crippen LogP contribution is -2.13. The molecular formula is C16H15NO4S. The zero-order valence-electron chi connectivity index (χ0n) is 11.7. The van der Waals surface area contributed by atoms with E-state index >= 15 is 0 Å². The minimum Gasteiger partial charge on any atom is -0.508 e. The summed E-state index contributed by atoms with van der Waals surface area (Å²) in [4.78, 5) is 12.0. The first-order valence-corrected chi connectivity index (χ1v) is 8.40. The monoisotopic (exact) mass is 317 g/mol. The number of benzene rings is 2. The summed E-state index contributed by atoms with van der Waals surface area (Å²) in [6.07, 6.45) is 1.84. The molecule has 0 atom stereocenters. The first-order valence-electron chi connectivity index (χ1n) is 6.92. The van der Waals surface area contributed by atoms with Crippen LogP contribution in [0.25, 0.3) is 0 Å². The van der Waals surface area contributed by atoms with Crippen LogP contribution in [0.3, 0.4) is 0 Å². The van der Waals surface area contributed by atoms with E-state index in [4.69, 9.17) is 0 Å². The molecule has 0 amide bonds. The summed E-state index contributed by atoms with van der Waals surface area (Å²) < 4.78 is 26.9. The average molecular weight is 317 g/mol. The van der Waals surface area contributed by atoms with Crippen LogP contribution in [0.15, 0.2) is 53.4 Å². The topological polar surface area (TPSA) is 83.5 Å². The lowest BCUT2D eigenvalue weighted by Gasteiger charge is -2.08. The molecule has 2 aromatic carbocycles. The highest BCUT2D eigenvalue weighted by Crippen LogP contribution is 2.32. The Hall–Kier alpha value is -2.34. The summed E-state index contributed by atoms with van der Waals surface area (Å²) >= 11 is 0. The molecule has 1 aliphatic rings. The molecule has 0 heterocycles. The van der Waals surface area contributed by atoms with Gasteiger partial charge in [-0.05, 0) is 49.2 Å². The minimum absolute atomic E-state index is 0.0610. The summed E-state index contributed by atoms with van der Waals surface area (Å²) in [7, 11) is -3.72. The quantitative estimate of drug-likeness (QED) is 0.656.